The third-order valence-electron chi connectivity index (χ3n) is 4.53. The van der Waals surface area contributed by atoms with Gasteiger partial charge in [0.05, 0.1) is 32.7 Å². The number of likely N-dealkylation sites (N-methyl/N-ethyl adjacent to an activating group) is 1. The number of ether oxygens (including phenoxy) is 3. The van der Waals surface area contributed by atoms with E-state index in [4.69, 9.17) is 14.2 Å². The highest BCUT2D eigenvalue weighted by Crippen LogP contribution is 2.47. The van der Waals surface area contributed by atoms with E-state index in [1.807, 2.05) is 19.9 Å². The Hall–Kier alpha value is -2.01. The van der Waals surface area contributed by atoms with Gasteiger partial charge in [0, 0.05) is 6.42 Å². The molecule has 0 aliphatic carbocycles. The molecule has 2 atom stereocenters. The van der Waals surface area contributed by atoms with Crippen molar-refractivity contribution >= 4 is 5.78 Å². The number of benzene rings is 1. The van der Waals surface area contributed by atoms with E-state index in [-0.39, 0.29) is 18.6 Å². The number of rotatable bonds is 4. The second kappa shape index (κ2) is 6.24. The van der Waals surface area contributed by atoms with Crippen LogP contribution in [0.4, 0.5) is 0 Å². The molecule has 1 unspecified atom stereocenters. The zero-order valence-electron chi connectivity index (χ0n) is 14.2. The molecule has 1 aromatic rings. The van der Waals surface area contributed by atoms with E-state index in [0.717, 1.165) is 35.6 Å². The second-order valence-corrected chi connectivity index (χ2v) is 6.51. The number of quaternary nitrogens is 1. The van der Waals surface area contributed by atoms with Crippen molar-refractivity contribution in [3.63, 3.8) is 0 Å². The Balaban J connectivity index is 2.04. The molecule has 5 nitrogen and oxygen atoms in total. The largest absolute Gasteiger partial charge is 0.492 e. The summed E-state index contributed by atoms with van der Waals surface area (Å²) in [6, 6.07) is 2.12. The number of carbonyl (C=O) groups excluding carboxylic acids is 1. The van der Waals surface area contributed by atoms with Gasteiger partial charge in [-0.25, -0.2) is 0 Å². The molecule has 0 amide bonds. The van der Waals surface area contributed by atoms with Crippen molar-refractivity contribution in [3.8, 4) is 17.2 Å². The summed E-state index contributed by atoms with van der Waals surface area (Å²) in [6.07, 6.45) is 3.14. The van der Waals surface area contributed by atoms with Gasteiger partial charge in [-0.2, -0.15) is 0 Å². The first-order valence-corrected chi connectivity index (χ1v) is 8.00. The number of hydrogen-bond donors (Lipinski definition) is 1. The standard InChI is InChI=1S/C18H23NO4/c1-11(2)7-13(20)9-14-16-12(5-6-19(14)3)8-15-17(18(16)21-4)23-10-22-15/h7-8,14H,5-6,9-10H2,1-4H3/p+1/t14-/m1/s1. The van der Waals surface area contributed by atoms with Crippen molar-refractivity contribution in [2.45, 2.75) is 32.7 Å². The summed E-state index contributed by atoms with van der Waals surface area (Å²) >= 11 is 0. The van der Waals surface area contributed by atoms with Gasteiger partial charge >= 0.3 is 0 Å². The van der Waals surface area contributed by atoms with Crippen LogP contribution in [0.3, 0.4) is 0 Å². The van der Waals surface area contributed by atoms with E-state index in [1.165, 1.54) is 10.5 Å². The third-order valence-corrected chi connectivity index (χ3v) is 4.53. The van der Waals surface area contributed by atoms with Crippen LogP contribution in [0.25, 0.3) is 0 Å². The van der Waals surface area contributed by atoms with Gasteiger partial charge in [0.1, 0.15) is 6.04 Å². The average Bonchev–Trinajstić information content (AvgIpc) is 2.95. The Morgan fingerprint density at radius 3 is 2.91 bits per heavy atom. The first-order valence-electron chi connectivity index (χ1n) is 8.00. The molecule has 0 bridgehead atoms. The zero-order chi connectivity index (χ0) is 16.6. The quantitative estimate of drug-likeness (QED) is 0.854. The molecule has 0 saturated carbocycles. The lowest BCUT2D eigenvalue weighted by molar-refractivity contribution is -0.914. The van der Waals surface area contributed by atoms with Crippen LogP contribution in [0.1, 0.15) is 37.4 Å². The summed E-state index contributed by atoms with van der Waals surface area (Å²) in [5, 5.41) is 0. The van der Waals surface area contributed by atoms with Crippen molar-refractivity contribution in [2.75, 3.05) is 27.5 Å². The van der Waals surface area contributed by atoms with Crippen molar-refractivity contribution in [2.24, 2.45) is 0 Å². The smallest absolute Gasteiger partial charge is 0.231 e. The highest BCUT2D eigenvalue weighted by atomic mass is 16.7. The minimum absolute atomic E-state index is 0.0753. The van der Waals surface area contributed by atoms with Crippen LogP contribution < -0.4 is 19.1 Å². The van der Waals surface area contributed by atoms with Crippen LogP contribution in [0.15, 0.2) is 17.7 Å². The lowest BCUT2D eigenvalue weighted by atomic mass is 9.88. The molecule has 2 aliphatic rings. The van der Waals surface area contributed by atoms with Gasteiger partial charge in [-0.1, -0.05) is 5.57 Å². The summed E-state index contributed by atoms with van der Waals surface area (Å²) in [5.74, 6) is 2.29. The van der Waals surface area contributed by atoms with Crippen molar-refractivity contribution in [1.29, 1.82) is 0 Å². The molecule has 1 aromatic carbocycles. The Kier molecular flexibility index (Phi) is 4.31. The maximum atomic E-state index is 12.3. The maximum absolute atomic E-state index is 12.3. The molecule has 0 fully saturated rings. The summed E-state index contributed by atoms with van der Waals surface area (Å²) in [5.41, 5.74) is 3.32. The minimum atomic E-state index is 0.0753. The zero-order valence-corrected chi connectivity index (χ0v) is 14.2. The first kappa shape index (κ1) is 15.9. The average molecular weight is 318 g/mol. The van der Waals surface area contributed by atoms with Crippen LogP contribution >= 0.6 is 0 Å². The fraction of sp³-hybridized carbons (Fsp3) is 0.500. The first-order chi connectivity index (χ1) is 11.0. The number of carbonyl (C=O) groups is 1. The predicted molar refractivity (Wildman–Crippen MR) is 86.4 cm³/mol. The van der Waals surface area contributed by atoms with Gasteiger partial charge in [0.15, 0.2) is 17.3 Å². The van der Waals surface area contributed by atoms with Gasteiger partial charge < -0.3 is 19.1 Å². The molecular weight excluding hydrogens is 294 g/mol. The molecular formula is C18H24NO4+. The van der Waals surface area contributed by atoms with Crippen LogP contribution in [0.2, 0.25) is 0 Å². The van der Waals surface area contributed by atoms with Crippen molar-refractivity contribution in [1.82, 2.24) is 0 Å². The Bertz CT molecular complexity index is 661. The van der Waals surface area contributed by atoms with Gasteiger partial charge in [0.2, 0.25) is 12.5 Å². The lowest BCUT2D eigenvalue weighted by Crippen LogP contribution is -3.10. The third kappa shape index (κ3) is 2.93. The SMILES string of the molecule is COc1c2c(cc3c1[C@@H](CC(=O)C=C(C)C)[NH+](C)CC3)OCO2. The summed E-state index contributed by atoms with van der Waals surface area (Å²) < 4.78 is 16.8. The van der Waals surface area contributed by atoms with E-state index >= 15 is 0 Å². The van der Waals surface area contributed by atoms with E-state index in [0.29, 0.717) is 12.2 Å². The van der Waals surface area contributed by atoms with Gasteiger partial charge in [-0.3, -0.25) is 4.79 Å². The predicted octanol–water partition coefficient (Wildman–Crippen LogP) is 1.46. The molecule has 0 spiro atoms. The Morgan fingerprint density at radius 2 is 2.22 bits per heavy atom. The van der Waals surface area contributed by atoms with Gasteiger partial charge in [-0.15, -0.1) is 0 Å². The van der Waals surface area contributed by atoms with E-state index in [9.17, 15) is 4.79 Å². The van der Waals surface area contributed by atoms with Gasteiger partial charge in [0.25, 0.3) is 0 Å². The molecule has 3 rings (SSSR count). The normalized spacial score (nSPS) is 21.6. The Labute approximate surface area is 136 Å². The minimum Gasteiger partial charge on any atom is -0.492 e. The second-order valence-electron chi connectivity index (χ2n) is 6.51. The topological polar surface area (TPSA) is 49.2 Å². The molecule has 2 aliphatic heterocycles. The molecule has 0 saturated heterocycles. The molecule has 124 valence electrons. The maximum Gasteiger partial charge on any atom is 0.231 e. The molecule has 0 aromatic heterocycles. The number of nitrogens with one attached hydrogen (secondary N) is 1. The number of methoxy groups -OCH3 is 1. The summed E-state index contributed by atoms with van der Waals surface area (Å²) in [7, 11) is 3.78. The van der Waals surface area contributed by atoms with Crippen molar-refractivity contribution < 1.29 is 23.9 Å². The van der Waals surface area contributed by atoms with E-state index in [2.05, 4.69) is 7.05 Å². The monoisotopic (exact) mass is 318 g/mol. The summed E-state index contributed by atoms with van der Waals surface area (Å²) in [4.78, 5) is 13.6. The Morgan fingerprint density at radius 1 is 1.43 bits per heavy atom. The number of hydrogen-bond acceptors (Lipinski definition) is 4. The van der Waals surface area contributed by atoms with Crippen LogP contribution in [-0.4, -0.2) is 33.3 Å². The van der Waals surface area contributed by atoms with Crippen LogP contribution in [0, 0.1) is 0 Å². The molecule has 1 N–H and O–H groups in total. The highest BCUT2D eigenvalue weighted by molar-refractivity contribution is 5.90. The van der Waals surface area contributed by atoms with Crippen LogP contribution in [0.5, 0.6) is 17.2 Å². The number of ketones is 1. The molecule has 23 heavy (non-hydrogen) atoms. The van der Waals surface area contributed by atoms with Crippen LogP contribution in [-0.2, 0) is 11.2 Å². The van der Waals surface area contributed by atoms with E-state index in [1.54, 1.807) is 13.2 Å². The van der Waals surface area contributed by atoms with Gasteiger partial charge in [-0.05, 0) is 31.6 Å². The number of fused-ring (bicyclic) bond motifs is 2. The number of allylic oxidation sites excluding steroid dienone is 2. The fourth-order valence-corrected chi connectivity index (χ4v) is 3.48. The summed E-state index contributed by atoms with van der Waals surface area (Å²) in [6.45, 7) is 5.10. The molecule has 0 radical (unpaired) electrons. The molecule has 2 heterocycles. The van der Waals surface area contributed by atoms with E-state index < -0.39 is 0 Å². The van der Waals surface area contributed by atoms with Crippen molar-refractivity contribution in [3.05, 3.63) is 28.8 Å². The lowest BCUT2D eigenvalue weighted by Gasteiger charge is -2.32. The fourth-order valence-electron chi connectivity index (χ4n) is 3.48. The highest BCUT2D eigenvalue weighted by Gasteiger charge is 2.37. The molecule has 5 heteroatoms.